The van der Waals surface area contributed by atoms with Crippen LogP contribution in [-0.2, 0) is 26.1 Å². The summed E-state index contributed by atoms with van der Waals surface area (Å²) >= 11 is -1.31. The van der Waals surface area contributed by atoms with Crippen LogP contribution in [-0.4, -0.2) is 37.3 Å². The normalized spacial score (nSPS) is 16.4. The second kappa shape index (κ2) is 8.88. The van der Waals surface area contributed by atoms with Crippen LogP contribution >= 0.6 is 0 Å². The molecule has 0 amide bonds. The number of esters is 1. The van der Waals surface area contributed by atoms with Gasteiger partial charge < -0.3 is 13.7 Å². The van der Waals surface area contributed by atoms with Crippen LogP contribution in [0.1, 0.15) is 64.4 Å². The molecular formula is C21H37NO4SSi. The first kappa shape index (κ1) is 25.2. The third kappa shape index (κ3) is 6.32. The maximum absolute atomic E-state index is 12.9. The molecule has 0 bridgehead atoms. The SMILES string of the molecule is COC(=O)c1cccc([C@](C)(CO[Si](C)(C)C(C)(C)C)N[S+]([O-])C(C)(C)C)c1. The van der Waals surface area contributed by atoms with Crippen LogP contribution in [0, 0.1) is 0 Å². The van der Waals surface area contributed by atoms with Gasteiger partial charge in [0, 0.05) is 11.4 Å². The number of hydrogen-bond acceptors (Lipinski definition) is 5. The third-order valence-electron chi connectivity index (χ3n) is 5.32. The molecule has 7 heteroatoms. The van der Waals surface area contributed by atoms with E-state index in [1.165, 1.54) is 7.11 Å². The van der Waals surface area contributed by atoms with Gasteiger partial charge in [0.15, 0.2) is 8.32 Å². The fourth-order valence-electron chi connectivity index (χ4n) is 2.18. The molecule has 1 unspecified atom stereocenters. The van der Waals surface area contributed by atoms with Gasteiger partial charge in [-0.05, 0) is 63.5 Å². The van der Waals surface area contributed by atoms with Crippen molar-refractivity contribution in [2.24, 2.45) is 0 Å². The molecule has 28 heavy (non-hydrogen) atoms. The van der Waals surface area contributed by atoms with Gasteiger partial charge >= 0.3 is 5.97 Å². The van der Waals surface area contributed by atoms with Crippen molar-refractivity contribution in [1.82, 2.24) is 4.72 Å². The van der Waals surface area contributed by atoms with Crippen LogP contribution in [0.2, 0.25) is 18.1 Å². The lowest BCUT2D eigenvalue weighted by molar-refractivity contribution is 0.0600. The molecule has 1 aromatic rings. The van der Waals surface area contributed by atoms with Crippen LogP contribution in [0.5, 0.6) is 0 Å². The number of ether oxygens (including phenoxy) is 1. The summed E-state index contributed by atoms with van der Waals surface area (Å²) in [5.74, 6) is -0.397. The summed E-state index contributed by atoms with van der Waals surface area (Å²) in [6.07, 6.45) is 0. The Balaban J connectivity index is 3.30. The van der Waals surface area contributed by atoms with E-state index in [4.69, 9.17) is 9.16 Å². The lowest BCUT2D eigenvalue weighted by Gasteiger charge is -2.41. The highest BCUT2D eigenvalue weighted by molar-refractivity contribution is 7.90. The third-order valence-corrected chi connectivity index (χ3v) is 11.5. The molecule has 1 aromatic carbocycles. The second-order valence-corrected chi connectivity index (χ2v) is 16.7. The average Bonchev–Trinajstić information content (AvgIpc) is 2.57. The Morgan fingerprint density at radius 3 is 2.18 bits per heavy atom. The summed E-state index contributed by atoms with van der Waals surface area (Å²) in [5.41, 5.74) is 0.575. The van der Waals surface area contributed by atoms with Gasteiger partial charge in [0.25, 0.3) is 0 Å². The molecule has 0 aliphatic heterocycles. The Bertz CT molecular complexity index is 682. The first-order chi connectivity index (χ1) is 12.5. The molecule has 0 aliphatic rings. The maximum atomic E-state index is 12.9. The molecule has 0 aromatic heterocycles. The second-order valence-electron chi connectivity index (χ2n) is 9.94. The minimum Gasteiger partial charge on any atom is -0.598 e. The molecule has 2 atom stereocenters. The van der Waals surface area contributed by atoms with Gasteiger partial charge in [-0.3, -0.25) is 0 Å². The van der Waals surface area contributed by atoms with Crippen molar-refractivity contribution in [2.75, 3.05) is 13.7 Å². The van der Waals surface area contributed by atoms with Crippen molar-refractivity contribution in [2.45, 2.75) is 76.9 Å². The summed E-state index contributed by atoms with van der Waals surface area (Å²) in [6, 6.07) is 7.24. The van der Waals surface area contributed by atoms with Crippen molar-refractivity contribution in [3.63, 3.8) is 0 Å². The minimum absolute atomic E-state index is 0.0605. The average molecular weight is 428 g/mol. The Labute approximate surface area is 175 Å². The van der Waals surface area contributed by atoms with Gasteiger partial charge in [-0.15, -0.1) is 4.72 Å². The number of carbonyl (C=O) groups is 1. The van der Waals surface area contributed by atoms with E-state index in [0.717, 1.165) is 5.56 Å². The number of carbonyl (C=O) groups excluding carboxylic acids is 1. The maximum Gasteiger partial charge on any atom is 0.337 e. The smallest absolute Gasteiger partial charge is 0.337 e. The van der Waals surface area contributed by atoms with Gasteiger partial charge in [-0.25, -0.2) is 4.79 Å². The van der Waals surface area contributed by atoms with E-state index in [-0.39, 0.29) is 5.04 Å². The van der Waals surface area contributed by atoms with Crippen molar-refractivity contribution in [3.05, 3.63) is 35.4 Å². The zero-order valence-electron chi connectivity index (χ0n) is 19.1. The molecule has 0 spiro atoms. The van der Waals surface area contributed by atoms with E-state index < -0.39 is 35.9 Å². The van der Waals surface area contributed by atoms with Crippen LogP contribution in [0.4, 0.5) is 0 Å². The molecule has 1 N–H and O–H groups in total. The predicted octanol–water partition coefficient (Wildman–Crippen LogP) is 4.76. The molecule has 0 fully saturated rings. The fraction of sp³-hybridized carbons (Fsp3) is 0.667. The van der Waals surface area contributed by atoms with E-state index in [1.54, 1.807) is 12.1 Å². The number of nitrogens with one attached hydrogen (secondary N) is 1. The van der Waals surface area contributed by atoms with E-state index in [2.05, 4.69) is 38.6 Å². The van der Waals surface area contributed by atoms with Gasteiger partial charge in [0.1, 0.15) is 10.3 Å². The zero-order valence-corrected chi connectivity index (χ0v) is 20.9. The van der Waals surface area contributed by atoms with Crippen molar-refractivity contribution in [1.29, 1.82) is 0 Å². The van der Waals surface area contributed by atoms with Crippen LogP contribution in [0.3, 0.4) is 0 Å². The molecule has 0 radical (unpaired) electrons. The van der Waals surface area contributed by atoms with Crippen LogP contribution < -0.4 is 4.72 Å². The molecule has 1 rings (SSSR count). The van der Waals surface area contributed by atoms with Crippen LogP contribution in [0.25, 0.3) is 0 Å². The first-order valence-electron chi connectivity index (χ1n) is 9.56. The standard InChI is InChI=1S/C21H37NO4SSi/c1-19(2,3)27(24)22-21(7,15-26-28(9,10)20(4,5)6)17-13-11-12-16(14-17)18(23)25-8/h11-14,22H,15H2,1-10H3/t21-,27?/m0/s1. The van der Waals surface area contributed by atoms with Gasteiger partial charge in [0.2, 0.25) is 0 Å². The van der Waals surface area contributed by atoms with Crippen molar-refractivity contribution < 1.29 is 18.5 Å². The van der Waals surface area contributed by atoms with E-state index >= 15 is 0 Å². The highest BCUT2D eigenvalue weighted by Gasteiger charge is 2.42. The number of hydrogen-bond donors (Lipinski definition) is 1. The molecule has 5 nitrogen and oxygen atoms in total. The molecular weight excluding hydrogens is 390 g/mol. The molecule has 0 aliphatic carbocycles. The summed E-state index contributed by atoms with van der Waals surface area (Å²) in [5, 5.41) is 0.0605. The lowest BCUT2D eigenvalue weighted by Crippen LogP contribution is -2.54. The predicted molar refractivity (Wildman–Crippen MR) is 119 cm³/mol. The van der Waals surface area contributed by atoms with E-state index in [9.17, 15) is 9.35 Å². The Kier molecular flexibility index (Phi) is 7.98. The zero-order chi connectivity index (χ0) is 22.0. The van der Waals surface area contributed by atoms with Gasteiger partial charge in [-0.1, -0.05) is 32.9 Å². The minimum atomic E-state index is -2.02. The Hall–Kier alpha value is -0.863. The van der Waals surface area contributed by atoms with E-state index in [0.29, 0.717) is 12.2 Å². The highest BCUT2D eigenvalue weighted by atomic mass is 32.2. The van der Waals surface area contributed by atoms with Crippen molar-refractivity contribution >= 4 is 25.6 Å². The number of methoxy groups -OCH3 is 1. The molecule has 0 heterocycles. The number of rotatable bonds is 7. The van der Waals surface area contributed by atoms with Crippen LogP contribution in [0.15, 0.2) is 24.3 Å². The highest BCUT2D eigenvalue weighted by Crippen LogP contribution is 2.38. The summed E-state index contributed by atoms with van der Waals surface area (Å²) in [4.78, 5) is 12.0. The quantitative estimate of drug-likeness (QED) is 0.386. The molecule has 0 saturated heterocycles. The number of benzene rings is 1. The van der Waals surface area contributed by atoms with Gasteiger partial charge in [-0.2, -0.15) is 0 Å². The summed E-state index contributed by atoms with van der Waals surface area (Å²) < 4.78 is 27.1. The monoisotopic (exact) mass is 427 g/mol. The fourth-order valence-corrected chi connectivity index (χ4v) is 4.15. The summed E-state index contributed by atoms with van der Waals surface area (Å²) in [6.45, 7) is 19.1. The summed E-state index contributed by atoms with van der Waals surface area (Å²) in [7, 11) is -0.655. The lowest BCUT2D eigenvalue weighted by atomic mass is 9.93. The molecule has 160 valence electrons. The van der Waals surface area contributed by atoms with Gasteiger partial charge in [0.05, 0.1) is 19.3 Å². The Morgan fingerprint density at radius 2 is 1.71 bits per heavy atom. The van der Waals surface area contributed by atoms with Crippen molar-refractivity contribution in [3.8, 4) is 0 Å². The van der Waals surface area contributed by atoms with E-state index in [1.807, 2.05) is 39.8 Å². The molecule has 0 saturated carbocycles. The topological polar surface area (TPSA) is 70.6 Å². The Morgan fingerprint density at radius 1 is 1.14 bits per heavy atom. The first-order valence-corrected chi connectivity index (χ1v) is 13.6. The largest absolute Gasteiger partial charge is 0.598 e.